The van der Waals surface area contributed by atoms with Gasteiger partial charge in [0, 0.05) is 0 Å². The van der Waals surface area contributed by atoms with E-state index in [1.807, 2.05) is 29.7 Å². The number of carboxylic acid groups (broad SMARTS) is 1. The van der Waals surface area contributed by atoms with E-state index in [-0.39, 0.29) is 17.7 Å². The van der Waals surface area contributed by atoms with Crippen molar-refractivity contribution in [3.63, 3.8) is 0 Å². The quantitative estimate of drug-likeness (QED) is 0.278. The first-order valence-electron chi connectivity index (χ1n) is 6.40. The molecule has 0 saturated heterocycles. The van der Waals surface area contributed by atoms with Crippen molar-refractivity contribution in [1.29, 1.82) is 5.26 Å². The summed E-state index contributed by atoms with van der Waals surface area (Å²) in [5, 5.41) is 16.9. The molecule has 0 aromatic heterocycles. The maximum absolute atomic E-state index is 10.5. The molecule has 21 heavy (non-hydrogen) atoms. The average Bonchev–Trinajstić information content (AvgIpc) is 2.45. The molecule has 1 aliphatic rings. The molecule has 0 heterocycles. The van der Waals surface area contributed by atoms with E-state index < -0.39 is 5.97 Å². The fourth-order valence-electron chi connectivity index (χ4n) is 1.48. The normalized spacial score (nSPS) is 14.5. The van der Waals surface area contributed by atoms with Gasteiger partial charge in [0.05, 0.1) is 11.6 Å². The van der Waals surface area contributed by atoms with E-state index in [4.69, 9.17) is 26.7 Å². The van der Waals surface area contributed by atoms with Gasteiger partial charge in [0.2, 0.25) is 5.88 Å². The molecule has 0 spiro atoms. The zero-order valence-electron chi connectivity index (χ0n) is 11.5. The first-order chi connectivity index (χ1) is 10.1. The highest BCUT2D eigenvalue weighted by Gasteiger charge is 2.22. The smallest absolute Gasteiger partial charge is 0.358 e. The van der Waals surface area contributed by atoms with Crippen LogP contribution >= 0.6 is 0 Å². The molecule has 112 valence electrons. The van der Waals surface area contributed by atoms with Gasteiger partial charge in [-0.05, 0) is 31.4 Å². The van der Waals surface area contributed by atoms with Gasteiger partial charge in [0.1, 0.15) is 6.10 Å². The first kappa shape index (κ1) is 16.3. The summed E-state index contributed by atoms with van der Waals surface area (Å²) in [6.45, 7) is 0. The maximum atomic E-state index is 10.5. The minimum atomic E-state index is -1.22. The van der Waals surface area contributed by atoms with E-state index in [0.717, 1.165) is 19.3 Å². The van der Waals surface area contributed by atoms with Crippen molar-refractivity contribution >= 4 is 5.97 Å². The molecule has 2 rings (SSSR count). The summed E-state index contributed by atoms with van der Waals surface area (Å²) in [5.74, 6) is 3.59. The molecule has 7 heteroatoms. The van der Waals surface area contributed by atoms with Crippen molar-refractivity contribution < 1.29 is 14.6 Å². The lowest BCUT2D eigenvalue weighted by atomic mass is 9.96. The monoisotopic (exact) mass is 290 g/mol. The van der Waals surface area contributed by atoms with Crippen LogP contribution in [0.1, 0.15) is 24.8 Å². The summed E-state index contributed by atoms with van der Waals surface area (Å²) >= 11 is 0. The topological polar surface area (TPSA) is 134 Å². The predicted molar refractivity (Wildman–Crippen MR) is 76.1 cm³/mol. The molecule has 0 aliphatic heterocycles. The molecule has 7 nitrogen and oxygen atoms in total. The molecular weight excluding hydrogens is 272 g/mol. The van der Waals surface area contributed by atoms with Crippen LogP contribution in [-0.4, -0.2) is 17.2 Å². The molecule has 1 aromatic carbocycles. The van der Waals surface area contributed by atoms with E-state index in [9.17, 15) is 4.79 Å². The molecule has 0 atom stereocenters. The Kier molecular flexibility index (Phi) is 6.57. The van der Waals surface area contributed by atoms with E-state index in [1.54, 1.807) is 12.1 Å². The van der Waals surface area contributed by atoms with Gasteiger partial charge in [-0.3, -0.25) is 5.84 Å². The van der Waals surface area contributed by atoms with Crippen LogP contribution in [0.4, 0.5) is 0 Å². The van der Waals surface area contributed by atoms with Crippen LogP contribution in [-0.2, 0) is 9.53 Å². The number of hydrogen-bond acceptors (Lipinski definition) is 6. The summed E-state index contributed by atoms with van der Waals surface area (Å²) in [4.78, 5) is 10.5. The third-order valence-electron chi connectivity index (χ3n) is 2.85. The highest BCUT2D eigenvalue weighted by Crippen LogP contribution is 2.23. The van der Waals surface area contributed by atoms with Crippen molar-refractivity contribution in [2.45, 2.75) is 25.4 Å². The number of nitriles is 1. The Balaban J connectivity index is 0.000000235. The Morgan fingerprint density at radius 1 is 1.38 bits per heavy atom. The Morgan fingerprint density at radius 3 is 2.33 bits per heavy atom. The number of benzene rings is 1. The Morgan fingerprint density at radius 2 is 2.00 bits per heavy atom. The molecule has 1 fully saturated rings. The van der Waals surface area contributed by atoms with Crippen LogP contribution in [0.25, 0.3) is 0 Å². The molecule has 1 saturated carbocycles. The van der Waals surface area contributed by atoms with E-state index in [1.165, 1.54) is 0 Å². The summed E-state index contributed by atoms with van der Waals surface area (Å²) in [6.07, 6.45) is 2.97. The second-order valence-electron chi connectivity index (χ2n) is 4.34. The zero-order chi connectivity index (χ0) is 15.7. The van der Waals surface area contributed by atoms with Crippen molar-refractivity contribution in [3.05, 3.63) is 47.5 Å². The lowest BCUT2D eigenvalue weighted by molar-refractivity contribution is -0.133. The molecule has 0 unspecified atom stereocenters. The SMILES string of the molecule is N#Cc1ccccc1.NN/C(C(=O)O)=C(\N)OC1CCC1. The number of nitrogens with zero attached hydrogens (tertiary/aromatic N) is 1. The summed E-state index contributed by atoms with van der Waals surface area (Å²) in [5.41, 5.74) is 7.77. The number of nitrogens with two attached hydrogens (primary N) is 2. The van der Waals surface area contributed by atoms with Crippen LogP contribution in [0.15, 0.2) is 41.9 Å². The molecule has 0 bridgehead atoms. The number of hydrogen-bond donors (Lipinski definition) is 4. The standard InChI is InChI=1S/C7H13N3O3.C7H5N/c8-6(5(10-9)7(11)12)13-4-2-1-3-4;8-6-7-4-2-1-3-5-7/h4,10H,1-3,8-9H2,(H,11,12);1-5H/b6-5+;. The number of rotatable bonds is 4. The summed E-state index contributed by atoms with van der Waals surface area (Å²) in [7, 11) is 0. The largest absolute Gasteiger partial charge is 0.476 e. The molecule has 1 aliphatic carbocycles. The molecular formula is C14H18N4O3. The van der Waals surface area contributed by atoms with Gasteiger partial charge in [-0.2, -0.15) is 5.26 Å². The van der Waals surface area contributed by atoms with E-state index in [2.05, 4.69) is 0 Å². The van der Waals surface area contributed by atoms with Crippen LogP contribution in [0, 0.1) is 11.3 Å². The van der Waals surface area contributed by atoms with Gasteiger partial charge in [-0.1, -0.05) is 18.2 Å². The van der Waals surface area contributed by atoms with E-state index >= 15 is 0 Å². The highest BCUT2D eigenvalue weighted by molar-refractivity contribution is 5.86. The average molecular weight is 290 g/mol. The third-order valence-corrected chi connectivity index (χ3v) is 2.85. The van der Waals surface area contributed by atoms with Gasteiger partial charge in [0.25, 0.3) is 0 Å². The van der Waals surface area contributed by atoms with Crippen molar-refractivity contribution in [2.24, 2.45) is 11.6 Å². The summed E-state index contributed by atoms with van der Waals surface area (Å²) < 4.78 is 5.13. The Labute approximate surface area is 122 Å². The van der Waals surface area contributed by atoms with Crippen LogP contribution < -0.4 is 17.0 Å². The predicted octanol–water partition coefficient (Wildman–Crippen LogP) is 0.789. The Hall–Kier alpha value is -2.72. The molecule has 0 radical (unpaired) electrons. The number of nitrogens with one attached hydrogen (secondary N) is 1. The van der Waals surface area contributed by atoms with Gasteiger partial charge < -0.3 is 21.0 Å². The van der Waals surface area contributed by atoms with Crippen molar-refractivity contribution in [2.75, 3.05) is 0 Å². The fourth-order valence-corrected chi connectivity index (χ4v) is 1.48. The number of aliphatic carboxylic acids is 1. The minimum absolute atomic E-state index is 0.0442. The van der Waals surface area contributed by atoms with Gasteiger partial charge >= 0.3 is 5.97 Å². The van der Waals surface area contributed by atoms with Gasteiger partial charge in [-0.15, -0.1) is 0 Å². The summed E-state index contributed by atoms with van der Waals surface area (Å²) in [6, 6.07) is 11.2. The number of hydrazine groups is 1. The molecule has 1 aromatic rings. The highest BCUT2D eigenvalue weighted by atomic mass is 16.5. The van der Waals surface area contributed by atoms with Gasteiger partial charge in [0.15, 0.2) is 5.70 Å². The second kappa shape index (κ2) is 8.45. The fraction of sp³-hybridized carbons (Fsp3) is 0.286. The second-order valence-corrected chi connectivity index (χ2v) is 4.34. The molecule has 6 N–H and O–H groups in total. The maximum Gasteiger partial charge on any atom is 0.358 e. The molecule has 0 amide bonds. The number of carboxylic acids is 1. The van der Waals surface area contributed by atoms with Crippen LogP contribution in [0.5, 0.6) is 0 Å². The number of carbonyl (C=O) groups is 1. The lowest BCUT2D eigenvalue weighted by Gasteiger charge is -2.26. The first-order valence-corrected chi connectivity index (χ1v) is 6.40. The van der Waals surface area contributed by atoms with Crippen LogP contribution in [0.2, 0.25) is 0 Å². The van der Waals surface area contributed by atoms with E-state index in [0.29, 0.717) is 5.56 Å². The van der Waals surface area contributed by atoms with Crippen LogP contribution in [0.3, 0.4) is 0 Å². The van der Waals surface area contributed by atoms with Crippen molar-refractivity contribution in [3.8, 4) is 6.07 Å². The Bertz CT molecular complexity index is 533. The van der Waals surface area contributed by atoms with Crippen molar-refractivity contribution in [1.82, 2.24) is 5.43 Å². The lowest BCUT2D eigenvalue weighted by Crippen LogP contribution is -2.33. The van der Waals surface area contributed by atoms with Gasteiger partial charge in [-0.25, -0.2) is 4.79 Å². The number of ether oxygens (including phenoxy) is 1. The third kappa shape index (κ3) is 5.42. The minimum Gasteiger partial charge on any atom is -0.476 e. The zero-order valence-corrected chi connectivity index (χ0v) is 11.5.